The Bertz CT molecular complexity index is 1070. The topological polar surface area (TPSA) is 126 Å². The molecular weight excluding hydrogens is 509 g/mol. The van der Waals surface area contributed by atoms with Crippen LogP contribution in [0.3, 0.4) is 0 Å². The van der Waals surface area contributed by atoms with Crippen molar-refractivity contribution in [3.63, 3.8) is 0 Å². The molecule has 0 aliphatic carbocycles. The van der Waals surface area contributed by atoms with E-state index in [9.17, 15) is 33.7 Å². The van der Waals surface area contributed by atoms with Crippen molar-refractivity contribution in [2.45, 2.75) is 69.5 Å². The second-order valence-corrected chi connectivity index (χ2v) is 10.8. The van der Waals surface area contributed by atoms with E-state index in [-0.39, 0.29) is 31.5 Å². The highest BCUT2D eigenvalue weighted by Gasteiger charge is 2.47. The maximum absolute atomic E-state index is 13.9. The van der Waals surface area contributed by atoms with Gasteiger partial charge in [0.25, 0.3) is 5.92 Å². The minimum atomic E-state index is -2.83. The number of hydrogen-bond acceptors (Lipinski definition) is 7. The summed E-state index contributed by atoms with van der Waals surface area (Å²) in [5.74, 6) is -5.59. The second kappa shape index (κ2) is 12.9. The fourth-order valence-electron chi connectivity index (χ4n) is 5.07. The highest BCUT2D eigenvalue weighted by molar-refractivity contribution is 6.43. The van der Waals surface area contributed by atoms with E-state index in [1.807, 2.05) is 12.1 Å². The molecule has 2 heterocycles. The first kappa shape index (κ1) is 30.5. The van der Waals surface area contributed by atoms with Crippen molar-refractivity contribution >= 4 is 19.1 Å². The minimum Gasteiger partial charge on any atom is -0.444 e. The molecule has 1 unspecified atom stereocenters. The molecule has 12 heteroatoms. The van der Waals surface area contributed by atoms with Crippen molar-refractivity contribution < 1.29 is 33.2 Å². The summed E-state index contributed by atoms with van der Waals surface area (Å²) in [5.41, 5.74) is 0.0367. The van der Waals surface area contributed by atoms with Crippen molar-refractivity contribution in [3.8, 4) is 6.07 Å². The molecular formula is C27H37BF2N4O5. The lowest BCUT2D eigenvalue weighted by Gasteiger charge is -2.39. The maximum Gasteiger partial charge on any atom is 0.475 e. The third kappa shape index (κ3) is 8.00. The third-order valence-electron chi connectivity index (χ3n) is 7.65. The Kier molecular flexibility index (Phi) is 10.1. The fraction of sp³-hybridized carbons (Fsp3) is 0.593. The smallest absolute Gasteiger partial charge is 0.444 e. The van der Waals surface area contributed by atoms with Crippen molar-refractivity contribution in [2.24, 2.45) is 5.92 Å². The number of rotatable bonds is 9. The quantitative estimate of drug-likeness (QED) is 0.321. The average Bonchev–Trinajstić information content (AvgIpc) is 3.10. The van der Waals surface area contributed by atoms with Gasteiger partial charge >= 0.3 is 13.2 Å². The monoisotopic (exact) mass is 546 g/mol. The number of ether oxygens (including phenoxy) is 1. The molecule has 0 bridgehead atoms. The zero-order chi connectivity index (χ0) is 28.8. The maximum atomic E-state index is 13.9. The largest absolute Gasteiger partial charge is 0.475 e. The molecule has 2 aliphatic heterocycles. The van der Waals surface area contributed by atoms with Gasteiger partial charge in [0.05, 0.1) is 25.1 Å². The first-order valence-electron chi connectivity index (χ1n) is 13.2. The van der Waals surface area contributed by atoms with Gasteiger partial charge in [0, 0.05) is 25.0 Å². The van der Waals surface area contributed by atoms with Crippen LogP contribution in [0.4, 0.5) is 13.6 Å². The molecule has 212 valence electrons. The number of nitriles is 1. The van der Waals surface area contributed by atoms with Crippen LogP contribution in [0.5, 0.6) is 0 Å². The predicted molar refractivity (Wildman–Crippen MR) is 141 cm³/mol. The molecule has 0 aromatic heterocycles. The number of nitrogens with zero attached hydrogens (tertiary/aromatic N) is 3. The van der Waals surface area contributed by atoms with Gasteiger partial charge in [-0.25, -0.2) is 13.6 Å². The molecule has 1 aromatic rings. The Balaban J connectivity index is 1.63. The summed E-state index contributed by atoms with van der Waals surface area (Å²) >= 11 is 0. The number of alkyl halides is 2. The van der Waals surface area contributed by atoms with Crippen molar-refractivity contribution in [3.05, 3.63) is 48.0 Å². The van der Waals surface area contributed by atoms with Crippen LogP contribution in [0.25, 0.3) is 0 Å². The first-order valence-corrected chi connectivity index (χ1v) is 13.2. The fourth-order valence-corrected chi connectivity index (χ4v) is 5.07. The van der Waals surface area contributed by atoms with Crippen molar-refractivity contribution in [2.75, 3.05) is 26.2 Å². The van der Waals surface area contributed by atoms with Gasteiger partial charge in [0.15, 0.2) is 0 Å². The number of carbonyl (C=O) groups excluding carboxylic acids is 2. The van der Waals surface area contributed by atoms with Crippen LogP contribution in [0.1, 0.15) is 45.1 Å². The van der Waals surface area contributed by atoms with Crippen LogP contribution in [-0.4, -0.2) is 88.7 Å². The Morgan fingerprint density at radius 2 is 1.97 bits per heavy atom. The summed E-state index contributed by atoms with van der Waals surface area (Å²) in [6.07, 6.45) is 0.142. The van der Waals surface area contributed by atoms with Crippen molar-refractivity contribution in [1.29, 1.82) is 5.26 Å². The summed E-state index contributed by atoms with van der Waals surface area (Å²) in [6.45, 7) is 7.42. The number of alkyl carbamates (subject to hydrolysis) is 1. The second-order valence-electron chi connectivity index (χ2n) is 10.8. The number of nitrogens with one attached hydrogen (secondary N) is 1. The Morgan fingerprint density at radius 1 is 1.28 bits per heavy atom. The number of halogens is 2. The average molecular weight is 546 g/mol. The van der Waals surface area contributed by atoms with Crippen LogP contribution in [-0.2, 0) is 16.0 Å². The summed E-state index contributed by atoms with van der Waals surface area (Å²) in [6, 6.07) is 11.0. The lowest BCUT2D eigenvalue weighted by atomic mass is 9.76. The van der Waals surface area contributed by atoms with E-state index < -0.39 is 55.1 Å². The Labute approximate surface area is 228 Å². The van der Waals surface area contributed by atoms with Crippen LogP contribution >= 0.6 is 0 Å². The molecule has 3 N–H and O–H groups in total. The molecule has 2 saturated heterocycles. The molecule has 2 aliphatic rings. The Morgan fingerprint density at radius 3 is 2.56 bits per heavy atom. The van der Waals surface area contributed by atoms with E-state index in [0.717, 1.165) is 5.56 Å². The SMILES string of the molecule is C=C(C(C#N)C(=O)N1CCCC[C@@H](OC(=O)N[C@@H](Cc2ccccc2)B(O)O)C1)C(C)(C)N1CCC(F)(F)C1. The number of hydrogen-bond donors (Lipinski definition) is 3. The molecule has 0 saturated carbocycles. The highest BCUT2D eigenvalue weighted by atomic mass is 19.3. The molecule has 3 atom stereocenters. The normalized spacial score (nSPS) is 21.3. The van der Waals surface area contributed by atoms with Crippen LogP contribution < -0.4 is 5.32 Å². The zero-order valence-electron chi connectivity index (χ0n) is 22.5. The van der Waals surface area contributed by atoms with E-state index >= 15 is 0 Å². The van der Waals surface area contributed by atoms with Crippen LogP contribution in [0.2, 0.25) is 0 Å². The van der Waals surface area contributed by atoms with Gasteiger partial charge in [-0.1, -0.05) is 36.9 Å². The highest BCUT2D eigenvalue weighted by Crippen LogP contribution is 2.37. The lowest BCUT2D eigenvalue weighted by Crippen LogP contribution is -2.50. The van der Waals surface area contributed by atoms with E-state index in [1.165, 1.54) is 4.90 Å². The van der Waals surface area contributed by atoms with Gasteiger partial charge in [-0.3, -0.25) is 9.69 Å². The number of benzene rings is 1. The van der Waals surface area contributed by atoms with E-state index in [1.54, 1.807) is 43.0 Å². The van der Waals surface area contributed by atoms with Gasteiger partial charge in [0.2, 0.25) is 5.91 Å². The number of amides is 2. The molecule has 2 amide bonds. The number of carbonyl (C=O) groups is 2. The standard InChI is InChI=1S/C27H37BF2N4O5/c1-19(26(2,3)34-14-12-27(29,30)18-34)22(16-31)24(35)33-13-8-7-11-21(17-33)39-25(36)32-23(28(37)38)15-20-9-5-4-6-10-20/h4-6,9-10,21-23,37-38H,1,7-8,11-15,17-18H2,2-3H3,(H,32,36)/t21-,22?,23+/m1/s1. The lowest BCUT2D eigenvalue weighted by molar-refractivity contribution is -0.134. The Hall–Kier alpha value is -3.01. The third-order valence-corrected chi connectivity index (χ3v) is 7.65. The molecule has 2 fully saturated rings. The summed E-state index contributed by atoms with van der Waals surface area (Å²) in [7, 11) is -1.81. The van der Waals surface area contributed by atoms with Gasteiger partial charge in [-0.05, 0) is 50.7 Å². The van der Waals surface area contributed by atoms with Gasteiger partial charge in [0.1, 0.15) is 12.0 Å². The zero-order valence-corrected chi connectivity index (χ0v) is 22.5. The van der Waals surface area contributed by atoms with Gasteiger partial charge in [-0.15, -0.1) is 0 Å². The van der Waals surface area contributed by atoms with E-state index in [2.05, 4.69) is 11.9 Å². The van der Waals surface area contributed by atoms with E-state index in [0.29, 0.717) is 25.8 Å². The molecule has 0 radical (unpaired) electrons. The summed E-state index contributed by atoms with van der Waals surface area (Å²) in [4.78, 5) is 29.1. The predicted octanol–water partition coefficient (Wildman–Crippen LogP) is 2.53. The van der Waals surface area contributed by atoms with Gasteiger partial charge in [-0.2, -0.15) is 5.26 Å². The van der Waals surface area contributed by atoms with E-state index in [4.69, 9.17) is 4.74 Å². The van der Waals surface area contributed by atoms with Crippen LogP contribution in [0.15, 0.2) is 42.5 Å². The summed E-state index contributed by atoms with van der Waals surface area (Å²) in [5, 5.41) is 31.9. The van der Waals surface area contributed by atoms with Crippen LogP contribution in [0, 0.1) is 17.2 Å². The summed E-state index contributed by atoms with van der Waals surface area (Å²) < 4.78 is 33.3. The molecule has 39 heavy (non-hydrogen) atoms. The number of likely N-dealkylation sites (tertiary alicyclic amines) is 2. The first-order chi connectivity index (χ1) is 18.3. The van der Waals surface area contributed by atoms with Crippen molar-refractivity contribution in [1.82, 2.24) is 15.1 Å². The molecule has 3 rings (SSSR count). The van der Waals surface area contributed by atoms with Gasteiger partial charge < -0.3 is 25.0 Å². The molecule has 0 spiro atoms. The molecule has 9 nitrogen and oxygen atoms in total. The minimum absolute atomic E-state index is 0.0466. The molecule has 1 aromatic carbocycles.